The zero-order chi connectivity index (χ0) is 12.3. The Morgan fingerprint density at radius 2 is 1.88 bits per heavy atom. The molecule has 0 bridgehead atoms. The molecular formula is C13H9Cl2FO. The third-order valence-corrected chi connectivity index (χ3v) is 2.73. The quantitative estimate of drug-likeness (QED) is 0.785. The first-order valence-electron chi connectivity index (χ1n) is 4.97. The Hall–Kier alpha value is -1.25. The molecule has 0 heterocycles. The van der Waals surface area contributed by atoms with Crippen molar-refractivity contribution in [3.8, 4) is 5.75 Å². The van der Waals surface area contributed by atoms with Gasteiger partial charge >= 0.3 is 0 Å². The predicted octanol–water partition coefficient (Wildman–Crippen LogP) is 4.71. The molecule has 0 unspecified atom stereocenters. The highest BCUT2D eigenvalue weighted by Gasteiger charge is 2.02. The van der Waals surface area contributed by atoms with E-state index < -0.39 is 5.82 Å². The van der Waals surface area contributed by atoms with Gasteiger partial charge in [0.1, 0.15) is 18.2 Å². The van der Waals surface area contributed by atoms with Crippen molar-refractivity contribution in [2.24, 2.45) is 0 Å². The van der Waals surface area contributed by atoms with Crippen LogP contribution >= 0.6 is 23.2 Å². The van der Waals surface area contributed by atoms with Crippen LogP contribution in [0, 0.1) is 5.82 Å². The molecule has 1 nitrogen and oxygen atoms in total. The van der Waals surface area contributed by atoms with E-state index >= 15 is 0 Å². The second-order valence-corrected chi connectivity index (χ2v) is 4.34. The molecule has 0 amide bonds. The minimum absolute atomic E-state index is 0.0834. The van der Waals surface area contributed by atoms with Crippen LogP contribution < -0.4 is 4.74 Å². The van der Waals surface area contributed by atoms with Gasteiger partial charge in [0, 0.05) is 11.1 Å². The van der Waals surface area contributed by atoms with Gasteiger partial charge in [0.2, 0.25) is 0 Å². The van der Waals surface area contributed by atoms with E-state index in [2.05, 4.69) is 0 Å². The number of ether oxygens (including phenoxy) is 1. The van der Waals surface area contributed by atoms with Crippen molar-refractivity contribution in [3.05, 3.63) is 63.9 Å². The van der Waals surface area contributed by atoms with Crippen molar-refractivity contribution < 1.29 is 9.13 Å². The van der Waals surface area contributed by atoms with Crippen molar-refractivity contribution in [1.29, 1.82) is 0 Å². The number of rotatable bonds is 3. The summed E-state index contributed by atoms with van der Waals surface area (Å²) in [5.74, 6) is -0.0536. The van der Waals surface area contributed by atoms with Gasteiger partial charge in [-0.25, -0.2) is 4.39 Å². The van der Waals surface area contributed by atoms with Crippen LogP contribution in [0.3, 0.4) is 0 Å². The normalized spacial score (nSPS) is 10.3. The van der Waals surface area contributed by atoms with Crippen LogP contribution in [-0.2, 0) is 6.61 Å². The average Bonchev–Trinajstić information content (AvgIpc) is 2.31. The molecule has 4 heteroatoms. The average molecular weight is 271 g/mol. The van der Waals surface area contributed by atoms with Crippen LogP contribution in [0.4, 0.5) is 4.39 Å². The molecule has 0 aliphatic rings. The van der Waals surface area contributed by atoms with Crippen molar-refractivity contribution in [2.45, 2.75) is 6.61 Å². The van der Waals surface area contributed by atoms with E-state index in [1.165, 1.54) is 12.1 Å². The summed E-state index contributed by atoms with van der Waals surface area (Å²) in [6.45, 7) is 0.335. The molecule has 0 saturated heterocycles. The predicted molar refractivity (Wildman–Crippen MR) is 67.2 cm³/mol. The van der Waals surface area contributed by atoms with Gasteiger partial charge in [-0.3, -0.25) is 0 Å². The largest absolute Gasteiger partial charge is 0.489 e. The van der Waals surface area contributed by atoms with E-state index in [0.717, 1.165) is 5.56 Å². The highest BCUT2D eigenvalue weighted by Crippen LogP contribution is 2.21. The second kappa shape index (κ2) is 5.39. The van der Waals surface area contributed by atoms with E-state index in [1.54, 1.807) is 18.2 Å². The van der Waals surface area contributed by atoms with Crippen molar-refractivity contribution in [2.75, 3.05) is 0 Å². The molecule has 0 aromatic heterocycles. The van der Waals surface area contributed by atoms with Gasteiger partial charge in [-0.05, 0) is 29.8 Å². The minimum Gasteiger partial charge on any atom is -0.489 e. The van der Waals surface area contributed by atoms with Crippen LogP contribution in [-0.4, -0.2) is 0 Å². The highest BCUT2D eigenvalue weighted by molar-refractivity contribution is 6.31. The first-order chi connectivity index (χ1) is 8.15. The molecule has 2 rings (SSSR count). The Labute approximate surface area is 109 Å². The molecule has 88 valence electrons. The summed E-state index contributed by atoms with van der Waals surface area (Å²) >= 11 is 11.4. The van der Waals surface area contributed by atoms with E-state index in [1.807, 2.05) is 12.1 Å². The van der Waals surface area contributed by atoms with Gasteiger partial charge in [-0.1, -0.05) is 35.3 Å². The molecule has 0 saturated carbocycles. The Morgan fingerprint density at radius 1 is 1.06 bits per heavy atom. The summed E-state index contributed by atoms with van der Waals surface area (Å²) < 4.78 is 18.6. The highest BCUT2D eigenvalue weighted by atomic mass is 35.5. The van der Waals surface area contributed by atoms with Gasteiger partial charge < -0.3 is 4.74 Å². The number of hydrogen-bond acceptors (Lipinski definition) is 1. The zero-order valence-corrected chi connectivity index (χ0v) is 10.3. The Morgan fingerprint density at radius 3 is 2.59 bits per heavy atom. The van der Waals surface area contributed by atoms with Crippen LogP contribution in [0.2, 0.25) is 10.0 Å². The van der Waals surface area contributed by atoms with Gasteiger partial charge in [0.05, 0.1) is 5.02 Å². The van der Waals surface area contributed by atoms with E-state index in [-0.39, 0.29) is 5.02 Å². The van der Waals surface area contributed by atoms with Crippen molar-refractivity contribution >= 4 is 23.2 Å². The van der Waals surface area contributed by atoms with E-state index in [9.17, 15) is 4.39 Å². The molecule has 0 aliphatic carbocycles. The molecule has 0 radical (unpaired) electrons. The van der Waals surface area contributed by atoms with E-state index in [0.29, 0.717) is 17.4 Å². The van der Waals surface area contributed by atoms with Crippen molar-refractivity contribution in [3.63, 3.8) is 0 Å². The third-order valence-electron chi connectivity index (χ3n) is 2.19. The van der Waals surface area contributed by atoms with E-state index in [4.69, 9.17) is 27.9 Å². The number of halogens is 3. The molecule has 17 heavy (non-hydrogen) atoms. The van der Waals surface area contributed by atoms with Gasteiger partial charge in [0.25, 0.3) is 0 Å². The third kappa shape index (κ3) is 3.35. The summed E-state index contributed by atoms with van der Waals surface area (Å²) in [6, 6.07) is 11.6. The van der Waals surface area contributed by atoms with Gasteiger partial charge in [-0.15, -0.1) is 0 Å². The lowest BCUT2D eigenvalue weighted by molar-refractivity contribution is 0.304. The second-order valence-electron chi connectivity index (χ2n) is 3.49. The Balaban J connectivity index is 2.05. The fourth-order valence-corrected chi connectivity index (χ4v) is 1.69. The zero-order valence-electron chi connectivity index (χ0n) is 8.79. The Bertz CT molecular complexity index is 529. The topological polar surface area (TPSA) is 9.23 Å². The maximum absolute atomic E-state index is 13.1. The standard InChI is InChI=1S/C13H9Cl2FO/c14-10-3-1-2-9(6-10)8-17-11-4-5-12(15)13(16)7-11/h1-7H,8H2. The molecule has 0 N–H and O–H groups in total. The maximum Gasteiger partial charge on any atom is 0.145 e. The lowest BCUT2D eigenvalue weighted by atomic mass is 10.2. The smallest absolute Gasteiger partial charge is 0.145 e. The summed E-state index contributed by atoms with van der Waals surface area (Å²) in [6.07, 6.45) is 0. The van der Waals surface area contributed by atoms with Crippen LogP contribution in [0.15, 0.2) is 42.5 Å². The number of hydrogen-bond donors (Lipinski definition) is 0. The summed E-state index contributed by atoms with van der Waals surface area (Å²) in [5.41, 5.74) is 0.924. The molecule has 0 atom stereocenters. The monoisotopic (exact) mass is 270 g/mol. The van der Waals surface area contributed by atoms with Crippen LogP contribution in [0.5, 0.6) is 5.75 Å². The molecule has 2 aromatic rings. The first kappa shape index (κ1) is 12.2. The van der Waals surface area contributed by atoms with Crippen molar-refractivity contribution in [1.82, 2.24) is 0 Å². The van der Waals surface area contributed by atoms with Crippen LogP contribution in [0.25, 0.3) is 0 Å². The summed E-state index contributed by atoms with van der Waals surface area (Å²) in [4.78, 5) is 0. The summed E-state index contributed by atoms with van der Waals surface area (Å²) in [7, 11) is 0. The van der Waals surface area contributed by atoms with Gasteiger partial charge in [-0.2, -0.15) is 0 Å². The minimum atomic E-state index is -0.490. The Kier molecular flexibility index (Phi) is 3.87. The summed E-state index contributed by atoms with van der Waals surface area (Å²) in [5, 5.41) is 0.730. The van der Waals surface area contributed by atoms with Gasteiger partial charge in [0.15, 0.2) is 0 Å². The fraction of sp³-hybridized carbons (Fsp3) is 0.0769. The molecule has 0 spiro atoms. The molecule has 2 aromatic carbocycles. The lowest BCUT2D eigenvalue weighted by Gasteiger charge is -2.07. The fourth-order valence-electron chi connectivity index (χ4n) is 1.36. The van der Waals surface area contributed by atoms with Crippen LogP contribution in [0.1, 0.15) is 5.56 Å². The molecular weight excluding hydrogens is 262 g/mol. The number of benzene rings is 2. The maximum atomic E-state index is 13.1. The lowest BCUT2D eigenvalue weighted by Crippen LogP contribution is -1.95. The first-order valence-corrected chi connectivity index (χ1v) is 5.73. The molecule has 0 aliphatic heterocycles. The SMILES string of the molecule is Fc1cc(OCc2cccc(Cl)c2)ccc1Cl. The molecule has 0 fully saturated rings.